The van der Waals surface area contributed by atoms with Crippen molar-refractivity contribution in [2.45, 2.75) is 19.9 Å². The summed E-state index contributed by atoms with van der Waals surface area (Å²) in [7, 11) is 0. The molecule has 5 nitrogen and oxygen atoms in total. The molecule has 3 rings (SSSR count). The maximum absolute atomic E-state index is 12.5. The minimum absolute atomic E-state index is 0.0589. The molecule has 5 heteroatoms. The summed E-state index contributed by atoms with van der Waals surface area (Å²) in [5.41, 5.74) is 2.01. The molecule has 1 fully saturated rings. The predicted molar refractivity (Wildman–Crippen MR) is 82.6 cm³/mol. The Balaban J connectivity index is 1.81. The zero-order chi connectivity index (χ0) is 14.7. The molecule has 0 radical (unpaired) electrons. The second kappa shape index (κ2) is 6.37. The van der Waals surface area contributed by atoms with Crippen LogP contribution in [0.3, 0.4) is 0 Å². The van der Waals surface area contributed by atoms with Crippen LogP contribution in [-0.2, 0) is 17.7 Å². The van der Waals surface area contributed by atoms with Crippen molar-refractivity contribution in [1.82, 2.24) is 14.5 Å². The molecule has 0 amide bonds. The lowest BCUT2D eigenvalue weighted by atomic mass is 10.1. The summed E-state index contributed by atoms with van der Waals surface area (Å²) in [6.07, 6.45) is 2.59. The quantitative estimate of drug-likeness (QED) is 0.850. The van der Waals surface area contributed by atoms with Gasteiger partial charge >= 0.3 is 0 Å². The Bertz CT molecular complexity index is 675. The van der Waals surface area contributed by atoms with Crippen LogP contribution in [0.25, 0.3) is 10.9 Å². The van der Waals surface area contributed by atoms with Crippen LogP contribution in [0.4, 0.5) is 0 Å². The van der Waals surface area contributed by atoms with E-state index in [2.05, 4.69) is 16.8 Å². The van der Waals surface area contributed by atoms with Crippen LogP contribution in [0.5, 0.6) is 0 Å². The van der Waals surface area contributed by atoms with Crippen molar-refractivity contribution in [2.24, 2.45) is 0 Å². The normalized spacial score (nSPS) is 16.4. The van der Waals surface area contributed by atoms with Gasteiger partial charge in [-0.25, -0.2) is 4.98 Å². The first-order chi connectivity index (χ1) is 10.3. The first-order valence-electron chi connectivity index (χ1n) is 7.56. The van der Waals surface area contributed by atoms with Crippen molar-refractivity contribution in [2.75, 3.05) is 32.8 Å². The number of nitrogens with zero attached hydrogens (tertiary/aromatic N) is 3. The highest BCUT2D eigenvalue weighted by Gasteiger charge is 2.11. The van der Waals surface area contributed by atoms with Gasteiger partial charge in [0, 0.05) is 26.2 Å². The predicted octanol–water partition coefficient (Wildman–Crippen LogP) is 1.29. The minimum atomic E-state index is 0.0589. The molecule has 0 saturated carbocycles. The lowest BCUT2D eigenvalue weighted by Gasteiger charge is -2.26. The molecule has 1 aromatic carbocycles. The molecular formula is C16H21N3O2. The largest absolute Gasteiger partial charge is 0.379 e. The van der Waals surface area contributed by atoms with Crippen molar-refractivity contribution in [1.29, 1.82) is 0 Å². The molecule has 1 aromatic heterocycles. The standard InChI is InChI=1S/C16H21N3O2/c1-2-13-3-4-15-14(11-13)16(20)19(12-17-15)6-5-18-7-9-21-10-8-18/h3-4,11-12H,2,5-10H2,1H3. The third-order valence-corrected chi connectivity index (χ3v) is 4.06. The average molecular weight is 287 g/mol. The summed E-state index contributed by atoms with van der Waals surface area (Å²) in [5, 5.41) is 0.721. The number of fused-ring (bicyclic) bond motifs is 1. The van der Waals surface area contributed by atoms with Crippen molar-refractivity contribution >= 4 is 10.9 Å². The van der Waals surface area contributed by atoms with Gasteiger partial charge in [-0.2, -0.15) is 0 Å². The molecule has 21 heavy (non-hydrogen) atoms. The third kappa shape index (κ3) is 3.14. The maximum atomic E-state index is 12.5. The van der Waals surface area contributed by atoms with Gasteiger partial charge < -0.3 is 4.74 Å². The van der Waals surface area contributed by atoms with E-state index in [4.69, 9.17) is 4.74 Å². The number of benzene rings is 1. The van der Waals surface area contributed by atoms with Crippen molar-refractivity contribution in [3.8, 4) is 0 Å². The SMILES string of the molecule is CCc1ccc2ncn(CCN3CCOCC3)c(=O)c2c1. The lowest BCUT2D eigenvalue weighted by Crippen LogP contribution is -2.39. The van der Waals surface area contributed by atoms with Crippen LogP contribution >= 0.6 is 0 Å². The van der Waals surface area contributed by atoms with Gasteiger partial charge in [-0.15, -0.1) is 0 Å². The van der Waals surface area contributed by atoms with Gasteiger partial charge in [-0.1, -0.05) is 13.0 Å². The van der Waals surface area contributed by atoms with Gasteiger partial charge in [0.15, 0.2) is 0 Å². The number of ether oxygens (including phenoxy) is 1. The number of morpholine rings is 1. The monoisotopic (exact) mass is 287 g/mol. The van der Waals surface area contributed by atoms with Crippen LogP contribution in [0.1, 0.15) is 12.5 Å². The molecule has 0 bridgehead atoms. The van der Waals surface area contributed by atoms with Crippen LogP contribution < -0.4 is 5.56 Å². The van der Waals surface area contributed by atoms with Crippen LogP contribution in [0.15, 0.2) is 29.3 Å². The number of aryl methyl sites for hydroxylation is 1. The Labute approximate surface area is 124 Å². The van der Waals surface area contributed by atoms with Gasteiger partial charge in [-0.3, -0.25) is 14.3 Å². The second-order valence-corrected chi connectivity index (χ2v) is 5.40. The minimum Gasteiger partial charge on any atom is -0.379 e. The highest BCUT2D eigenvalue weighted by Crippen LogP contribution is 2.10. The smallest absolute Gasteiger partial charge is 0.261 e. The topological polar surface area (TPSA) is 47.4 Å². The number of hydrogen-bond acceptors (Lipinski definition) is 4. The first kappa shape index (κ1) is 14.2. The lowest BCUT2D eigenvalue weighted by molar-refractivity contribution is 0.0362. The Hall–Kier alpha value is -1.72. The summed E-state index contributed by atoms with van der Waals surface area (Å²) in [6.45, 7) is 7.08. The molecule has 0 unspecified atom stereocenters. The molecule has 1 aliphatic rings. The highest BCUT2D eigenvalue weighted by atomic mass is 16.5. The van der Waals surface area contributed by atoms with E-state index >= 15 is 0 Å². The van der Waals surface area contributed by atoms with Gasteiger partial charge in [-0.05, 0) is 24.1 Å². The van der Waals surface area contributed by atoms with Gasteiger partial charge in [0.1, 0.15) is 0 Å². The maximum Gasteiger partial charge on any atom is 0.261 e. The molecular weight excluding hydrogens is 266 g/mol. The summed E-state index contributed by atoms with van der Waals surface area (Å²) >= 11 is 0. The molecule has 2 heterocycles. The Morgan fingerprint density at radius 3 is 2.81 bits per heavy atom. The van der Waals surface area contributed by atoms with Crippen LogP contribution in [-0.4, -0.2) is 47.3 Å². The van der Waals surface area contributed by atoms with E-state index in [1.54, 1.807) is 10.9 Å². The van der Waals surface area contributed by atoms with E-state index in [1.165, 1.54) is 5.56 Å². The van der Waals surface area contributed by atoms with Gasteiger partial charge in [0.2, 0.25) is 0 Å². The van der Waals surface area contributed by atoms with E-state index in [-0.39, 0.29) is 5.56 Å². The summed E-state index contributed by atoms with van der Waals surface area (Å²) in [4.78, 5) is 19.3. The zero-order valence-corrected chi connectivity index (χ0v) is 12.4. The van der Waals surface area contributed by atoms with Gasteiger partial charge in [0.05, 0.1) is 30.4 Å². The van der Waals surface area contributed by atoms with E-state index in [1.807, 2.05) is 18.2 Å². The molecule has 1 aliphatic heterocycles. The van der Waals surface area contributed by atoms with Crippen LogP contribution in [0.2, 0.25) is 0 Å². The van der Waals surface area contributed by atoms with E-state index in [9.17, 15) is 4.79 Å². The van der Waals surface area contributed by atoms with Crippen molar-refractivity contribution in [3.05, 3.63) is 40.4 Å². The van der Waals surface area contributed by atoms with E-state index in [0.717, 1.165) is 50.2 Å². The molecule has 0 atom stereocenters. The zero-order valence-electron chi connectivity index (χ0n) is 12.4. The van der Waals surface area contributed by atoms with Crippen molar-refractivity contribution in [3.63, 3.8) is 0 Å². The third-order valence-electron chi connectivity index (χ3n) is 4.06. The number of hydrogen-bond donors (Lipinski definition) is 0. The fourth-order valence-electron chi connectivity index (χ4n) is 2.66. The Morgan fingerprint density at radius 2 is 2.05 bits per heavy atom. The number of rotatable bonds is 4. The average Bonchev–Trinajstić information content (AvgIpc) is 2.55. The molecule has 2 aromatic rings. The molecule has 0 N–H and O–H groups in total. The molecule has 0 spiro atoms. The Kier molecular flexibility index (Phi) is 4.31. The summed E-state index contributed by atoms with van der Waals surface area (Å²) in [6, 6.07) is 5.94. The molecule has 0 aliphatic carbocycles. The van der Waals surface area contributed by atoms with E-state index in [0.29, 0.717) is 6.54 Å². The first-order valence-corrected chi connectivity index (χ1v) is 7.56. The fourth-order valence-corrected chi connectivity index (χ4v) is 2.66. The summed E-state index contributed by atoms with van der Waals surface area (Å²) < 4.78 is 7.06. The number of aromatic nitrogens is 2. The second-order valence-electron chi connectivity index (χ2n) is 5.40. The summed E-state index contributed by atoms with van der Waals surface area (Å²) in [5.74, 6) is 0. The van der Waals surface area contributed by atoms with Gasteiger partial charge in [0.25, 0.3) is 5.56 Å². The van der Waals surface area contributed by atoms with Crippen LogP contribution in [0, 0.1) is 0 Å². The van der Waals surface area contributed by atoms with Crippen molar-refractivity contribution < 1.29 is 4.74 Å². The molecule has 1 saturated heterocycles. The highest BCUT2D eigenvalue weighted by molar-refractivity contribution is 5.78. The fraction of sp³-hybridized carbons (Fsp3) is 0.500. The van der Waals surface area contributed by atoms with E-state index < -0.39 is 0 Å². The Morgan fingerprint density at radius 1 is 1.24 bits per heavy atom. The molecule has 112 valence electrons.